The third kappa shape index (κ3) is 3.65. The molecular formula is C24H21N5S. The van der Waals surface area contributed by atoms with Gasteiger partial charge in [-0.05, 0) is 55.8 Å². The van der Waals surface area contributed by atoms with E-state index in [9.17, 15) is 0 Å². The van der Waals surface area contributed by atoms with Crippen LogP contribution in [0.15, 0.2) is 84.9 Å². The van der Waals surface area contributed by atoms with E-state index in [0.29, 0.717) is 0 Å². The van der Waals surface area contributed by atoms with Crippen LogP contribution in [-0.4, -0.2) is 19.1 Å². The van der Waals surface area contributed by atoms with Crippen LogP contribution in [0.2, 0.25) is 0 Å². The van der Waals surface area contributed by atoms with Crippen molar-refractivity contribution in [1.29, 1.82) is 0 Å². The van der Waals surface area contributed by atoms with Crippen molar-refractivity contribution in [2.75, 3.05) is 5.32 Å². The lowest BCUT2D eigenvalue weighted by atomic mass is 10.1. The second-order valence-electron chi connectivity index (χ2n) is 7.22. The van der Waals surface area contributed by atoms with Crippen LogP contribution >= 0.6 is 11.3 Å². The van der Waals surface area contributed by atoms with E-state index in [0.717, 1.165) is 39.1 Å². The monoisotopic (exact) mass is 411 g/mol. The van der Waals surface area contributed by atoms with E-state index in [4.69, 9.17) is 4.98 Å². The summed E-state index contributed by atoms with van der Waals surface area (Å²) < 4.78 is 4.12. The summed E-state index contributed by atoms with van der Waals surface area (Å²) in [7, 11) is 0. The summed E-state index contributed by atoms with van der Waals surface area (Å²) in [6.07, 6.45) is 7.94. The summed E-state index contributed by atoms with van der Waals surface area (Å²) in [4.78, 5) is 9.09. The largest absolute Gasteiger partial charge is 0.331 e. The minimum absolute atomic E-state index is 0.882. The van der Waals surface area contributed by atoms with Crippen molar-refractivity contribution in [2.45, 2.75) is 13.8 Å². The molecule has 0 bridgehead atoms. The van der Waals surface area contributed by atoms with E-state index < -0.39 is 0 Å². The first kappa shape index (κ1) is 18.4. The summed E-state index contributed by atoms with van der Waals surface area (Å²) in [6, 6.07) is 18.8. The van der Waals surface area contributed by atoms with E-state index >= 15 is 0 Å². The van der Waals surface area contributed by atoms with E-state index in [1.165, 1.54) is 5.56 Å². The van der Waals surface area contributed by atoms with Crippen molar-refractivity contribution in [3.63, 3.8) is 0 Å². The lowest BCUT2D eigenvalue weighted by molar-refractivity contribution is 1.06. The SMILES string of the molecule is Cc1cn(-c2ccc(-c3csc(Nc4cc(-n5cccc5)ccc4C)n3)cc2)cn1. The van der Waals surface area contributed by atoms with Crippen molar-refractivity contribution in [2.24, 2.45) is 0 Å². The Morgan fingerprint density at radius 1 is 0.900 bits per heavy atom. The molecule has 0 spiro atoms. The molecule has 0 aliphatic rings. The van der Waals surface area contributed by atoms with Gasteiger partial charge in [0.05, 0.1) is 17.7 Å². The Kier molecular flexibility index (Phi) is 4.69. The maximum atomic E-state index is 4.80. The van der Waals surface area contributed by atoms with Gasteiger partial charge in [-0.15, -0.1) is 11.3 Å². The zero-order chi connectivity index (χ0) is 20.5. The number of nitrogens with zero attached hydrogens (tertiary/aromatic N) is 4. The predicted octanol–water partition coefficient (Wildman–Crippen LogP) is 6.15. The van der Waals surface area contributed by atoms with Gasteiger partial charge >= 0.3 is 0 Å². The Hall–Kier alpha value is -3.64. The molecule has 0 unspecified atom stereocenters. The molecule has 5 nitrogen and oxygen atoms in total. The smallest absolute Gasteiger partial charge is 0.187 e. The highest BCUT2D eigenvalue weighted by Crippen LogP contribution is 2.30. The molecule has 0 aliphatic carbocycles. The molecule has 0 aliphatic heterocycles. The van der Waals surface area contributed by atoms with Gasteiger partial charge in [0.25, 0.3) is 0 Å². The van der Waals surface area contributed by atoms with Crippen LogP contribution in [0.25, 0.3) is 22.6 Å². The Bertz CT molecular complexity index is 1280. The molecule has 5 aromatic rings. The fourth-order valence-electron chi connectivity index (χ4n) is 3.36. The van der Waals surface area contributed by atoms with Gasteiger partial charge in [-0.2, -0.15) is 0 Å². The average Bonchev–Trinajstić information content (AvgIpc) is 3.52. The molecule has 30 heavy (non-hydrogen) atoms. The van der Waals surface area contributed by atoms with E-state index in [2.05, 4.69) is 69.6 Å². The number of thiazole rings is 1. The summed E-state index contributed by atoms with van der Waals surface area (Å²) in [5.74, 6) is 0. The Labute approximate surface area is 179 Å². The van der Waals surface area contributed by atoms with E-state index in [1.54, 1.807) is 11.3 Å². The third-order valence-electron chi connectivity index (χ3n) is 5.04. The number of hydrogen-bond acceptors (Lipinski definition) is 4. The zero-order valence-corrected chi connectivity index (χ0v) is 17.6. The van der Waals surface area contributed by atoms with Gasteiger partial charge in [0.1, 0.15) is 0 Å². The Morgan fingerprint density at radius 2 is 1.67 bits per heavy atom. The molecule has 6 heteroatoms. The average molecular weight is 412 g/mol. The van der Waals surface area contributed by atoms with E-state index in [1.807, 2.05) is 48.5 Å². The number of rotatable bonds is 5. The van der Waals surface area contributed by atoms with Crippen molar-refractivity contribution in [3.8, 4) is 22.6 Å². The van der Waals surface area contributed by atoms with Gasteiger partial charge in [0.2, 0.25) is 0 Å². The molecule has 0 radical (unpaired) electrons. The highest BCUT2D eigenvalue weighted by atomic mass is 32.1. The molecule has 0 atom stereocenters. The molecule has 3 heterocycles. The molecule has 2 aromatic carbocycles. The van der Waals surface area contributed by atoms with Crippen molar-refractivity contribution < 1.29 is 0 Å². The van der Waals surface area contributed by atoms with E-state index in [-0.39, 0.29) is 0 Å². The maximum Gasteiger partial charge on any atom is 0.187 e. The molecule has 148 valence electrons. The summed E-state index contributed by atoms with van der Waals surface area (Å²) in [5, 5.41) is 6.46. The standard InChI is InChI=1S/C24H21N5S/c1-17-5-8-21(28-11-3-4-12-28)13-22(17)26-24-27-23(15-30-24)19-6-9-20(10-7-19)29-14-18(2)25-16-29/h3-16H,1-2H3,(H,26,27). The number of nitrogens with one attached hydrogen (secondary N) is 1. The van der Waals surface area contributed by atoms with Crippen LogP contribution < -0.4 is 5.32 Å². The molecule has 0 amide bonds. The molecule has 3 aromatic heterocycles. The summed E-state index contributed by atoms with van der Waals surface area (Å²) in [6.45, 7) is 4.09. The lowest BCUT2D eigenvalue weighted by Gasteiger charge is -2.10. The topological polar surface area (TPSA) is 47.7 Å². The first-order chi connectivity index (χ1) is 14.7. The second-order valence-corrected chi connectivity index (χ2v) is 8.08. The molecule has 5 rings (SSSR count). The highest BCUT2D eigenvalue weighted by molar-refractivity contribution is 7.14. The first-order valence-electron chi connectivity index (χ1n) is 9.74. The number of hydrogen-bond donors (Lipinski definition) is 1. The van der Waals surface area contributed by atoms with Crippen LogP contribution in [0.1, 0.15) is 11.3 Å². The fourth-order valence-corrected chi connectivity index (χ4v) is 4.09. The number of imidazole rings is 1. The number of benzene rings is 2. The molecule has 1 N–H and O–H groups in total. The van der Waals surface area contributed by atoms with Gasteiger partial charge in [-0.1, -0.05) is 18.2 Å². The number of aromatic nitrogens is 4. The molecule has 0 saturated heterocycles. The lowest BCUT2D eigenvalue weighted by Crippen LogP contribution is -1.96. The first-order valence-corrected chi connectivity index (χ1v) is 10.6. The van der Waals surface area contributed by atoms with Crippen LogP contribution in [-0.2, 0) is 0 Å². The van der Waals surface area contributed by atoms with Gasteiger partial charge in [0.15, 0.2) is 5.13 Å². The highest BCUT2D eigenvalue weighted by Gasteiger charge is 2.08. The Balaban J connectivity index is 1.37. The quantitative estimate of drug-likeness (QED) is 0.377. The van der Waals surface area contributed by atoms with Gasteiger partial charge in [-0.25, -0.2) is 9.97 Å². The number of anilines is 2. The summed E-state index contributed by atoms with van der Waals surface area (Å²) in [5.41, 5.74) is 7.52. The van der Waals surface area contributed by atoms with Gasteiger partial charge in [0, 0.05) is 46.6 Å². The van der Waals surface area contributed by atoms with Crippen molar-refractivity contribution >= 4 is 22.2 Å². The molecule has 0 fully saturated rings. The summed E-state index contributed by atoms with van der Waals surface area (Å²) >= 11 is 1.61. The minimum atomic E-state index is 0.882. The minimum Gasteiger partial charge on any atom is -0.331 e. The predicted molar refractivity (Wildman–Crippen MR) is 123 cm³/mol. The van der Waals surface area contributed by atoms with Crippen LogP contribution in [0.5, 0.6) is 0 Å². The maximum absolute atomic E-state index is 4.80. The molecular weight excluding hydrogens is 390 g/mol. The number of aryl methyl sites for hydroxylation is 2. The third-order valence-corrected chi connectivity index (χ3v) is 5.80. The van der Waals surface area contributed by atoms with Crippen molar-refractivity contribution in [3.05, 3.63) is 96.2 Å². The molecule has 0 saturated carbocycles. The fraction of sp³-hybridized carbons (Fsp3) is 0.0833. The van der Waals surface area contributed by atoms with Crippen molar-refractivity contribution in [1.82, 2.24) is 19.1 Å². The van der Waals surface area contributed by atoms with Crippen LogP contribution in [0, 0.1) is 13.8 Å². The van der Waals surface area contributed by atoms with Crippen LogP contribution in [0.4, 0.5) is 10.8 Å². The van der Waals surface area contributed by atoms with Crippen LogP contribution in [0.3, 0.4) is 0 Å². The van der Waals surface area contributed by atoms with Gasteiger partial charge < -0.3 is 14.5 Å². The normalized spacial score (nSPS) is 11.0. The van der Waals surface area contributed by atoms with Gasteiger partial charge in [-0.3, -0.25) is 0 Å². The zero-order valence-electron chi connectivity index (χ0n) is 16.8. The Morgan fingerprint density at radius 3 is 2.40 bits per heavy atom. The second kappa shape index (κ2) is 7.65.